The van der Waals surface area contributed by atoms with Crippen LogP contribution >= 0.6 is 0 Å². The van der Waals surface area contributed by atoms with Gasteiger partial charge < -0.3 is 19.7 Å². The van der Waals surface area contributed by atoms with Gasteiger partial charge in [-0.05, 0) is 36.6 Å². The Labute approximate surface area is 186 Å². The van der Waals surface area contributed by atoms with Crippen LogP contribution in [0.2, 0.25) is 0 Å². The first kappa shape index (κ1) is 20.4. The standard InChI is InChI=1S/C25H25N5O2/c1-2-30-9-7-19(8-10-30)32-24-21(12-26)27-14-22-23(24)20-11-18(13-28-25(20)29-22)17-5-3-16(15-31)4-6-17/h3-6,11,13-14,19,31H,2,7-10,15H2,1H3,(H,28,29). The number of rotatable bonds is 5. The van der Waals surface area contributed by atoms with Crippen LogP contribution in [0.3, 0.4) is 0 Å². The number of pyridine rings is 2. The van der Waals surface area contributed by atoms with Gasteiger partial charge in [0.15, 0.2) is 11.4 Å². The predicted molar refractivity (Wildman–Crippen MR) is 123 cm³/mol. The molecule has 4 heterocycles. The fraction of sp³-hybridized carbons (Fsp3) is 0.320. The van der Waals surface area contributed by atoms with E-state index in [-0.39, 0.29) is 12.7 Å². The van der Waals surface area contributed by atoms with Crippen molar-refractivity contribution in [2.24, 2.45) is 0 Å². The average molecular weight is 428 g/mol. The van der Waals surface area contributed by atoms with Gasteiger partial charge in [0.1, 0.15) is 17.8 Å². The predicted octanol–water partition coefficient (Wildman–Crippen LogP) is 4.01. The summed E-state index contributed by atoms with van der Waals surface area (Å²) < 4.78 is 6.44. The number of ether oxygens (including phenoxy) is 1. The SMILES string of the molecule is CCN1CCC(Oc2c(C#N)ncc3[nH]c4ncc(-c5ccc(CO)cc5)cc4c23)CC1. The van der Waals surface area contributed by atoms with E-state index in [4.69, 9.17) is 4.74 Å². The third kappa shape index (κ3) is 3.68. The highest BCUT2D eigenvalue weighted by Crippen LogP contribution is 2.37. The first-order chi connectivity index (χ1) is 15.7. The van der Waals surface area contributed by atoms with Gasteiger partial charge in [-0.15, -0.1) is 0 Å². The average Bonchev–Trinajstić information content (AvgIpc) is 3.23. The van der Waals surface area contributed by atoms with Gasteiger partial charge >= 0.3 is 0 Å². The number of piperidine rings is 1. The number of aliphatic hydroxyl groups is 1. The summed E-state index contributed by atoms with van der Waals surface area (Å²) in [6.07, 6.45) is 5.42. The first-order valence-corrected chi connectivity index (χ1v) is 11.0. The van der Waals surface area contributed by atoms with Crippen molar-refractivity contribution in [1.29, 1.82) is 5.26 Å². The molecule has 4 aromatic rings. The normalized spacial score (nSPS) is 15.3. The van der Waals surface area contributed by atoms with E-state index >= 15 is 0 Å². The van der Waals surface area contributed by atoms with Gasteiger partial charge in [0.05, 0.1) is 23.7 Å². The van der Waals surface area contributed by atoms with Crippen LogP contribution in [0.4, 0.5) is 0 Å². The highest BCUT2D eigenvalue weighted by atomic mass is 16.5. The summed E-state index contributed by atoms with van der Waals surface area (Å²) in [5.41, 5.74) is 4.67. The summed E-state index contributed by atoms with van der Waals surface area (Å²) in [6, 6.07) is 12.0. The number of H-pyrrole nitrogens is 1. The minimum absolute atomic E-state index is 0.0157. The lowest BCUT2D eigenvalue weighted by molar-refractivity contribution is 0.104. The number of hydrogen-bond donors (Lipinski definition) is 2. The summed E-state index contributed by atoms with van der Waals surface area (Å²) in [6.45, 7) is 5.23. The largest absolute Gasteiger partial charge is 0.487 e. The molecule has 2 N–H and O–H groups in total. The molecule has 0 unspecified atom stereocenters. The molecule has 1 aliphatic heterocycles. The molecule has 0 spiro atoms. The Morgan fingerprint density at radius 3 is 2.62 bits per heavy atom. The quantitative estimate of drug-likeness (QED) is 0.499. The summed E-state index contributed by atoms with van der Waals surface area (Å²) >= 11 is 0. The van der Waals surface area contributed by atoms with Crippen LogP contribution in [0.15, 0.2) is 42.7 Å². The number of aromatic amines is 1. The maximum Gasteiger partial charge on any atom is 0.183 e. The van der Waals surface area contributed by atoms with Crippen LogP contribution in [-0.2, 0) is 6.61 Å². The van der Waals surface area contributed by atoms with E-state index in [2.05, 4.69) is 38.9 Å². The third-order valence-electron chi connectivity index (χ3n) is 6.29. The van der Waals surface area contributed by atoms with Gasteiger partial charge in [0, 0.05) is 30.2 Å². The van der Waals surface area contributed by atoms with Crippen LogP contribution in [0, 0.1) is 11.3 Å². The number of hydrogen-bond acceptors (Lipinski definition) is 6. The zero-order valence-corrected chi connectivity index (χ0v) is 18.0. The Balaban J connectivity index is 1.59. The molecular weight excluding hydrogens is 402 g/mol. The van der Waals surface area contributed by atoms with E-state index in [0.29, 0.717) is 11.4 Å². The van der Waals surface area contributed by atoms with Crippen LogP contribution in [0.1, 0.15) is 31.0 Å². The lowest BCUT2D eigenvalue weighted by Crippen LogP contribution is -2.38. The van der Waals surface area contributed by atoms with Crippen molar-refractivity contribution >= 4 is 21.9 Å². The highest BCUT2D eigenvalue weighted by molar-refractivity contribution is 6.10. The molecule has 0 saturated carbocycles. The Kier molecular flexibility index (Phi) is 5.48. The maximum atomic E-state index is 9.73. The van der Waals surface area contributed by atoms with E-state index < -0.39 is 0 Å². The first-order valence-electron chi connectivity index (χ1n) is 11.0. The van der Waals surface area contributed by atoms with Gasteiger partial charge in [-0.3, -0.25) is 0 Å². The number of benzene rings is 1. The summed E-state index contributed by atoms with van der Waals surface area (Å²) in [7, 11) is 0. The fourth-order valence-corrected chi connectivity index (χ4v) is 4.40. The molecule has 1 aliphatic rings. The third-order valence-corrected chi connectivity index (χ3v) is 6.29. The van der Waals surface area contributed by atoms with E-state index in [9.17, 15) is 10.4 Å². The molecule has 0 bridgehead atoms. The zero-order valence-electron chi connectivity index (χ0n) is 18.0. The molecule has 1 aromatic carbocycles. The van der Waals surface area contributed by atoms with Crippen LogP contribution in [0.5, 0.6) is 5.75 Å². The number of aliphatic hydroxyl groups excluding tert-OH is 1. The van der Waals surface area contributed by atoms with Crippen molar-refractivity contribution < 1.29 is 9.84 Å². The summed E-state index contributed by atoms with van der Waals surface area (Å²) in [5, 5.41) is 20.8. The number of nitriles is 1. The van der Waals surface area contributed by atoms with Gasteiger partial charge in [-0.2, -0.15) is 5.26 Å². The van der Waals surface area contributed by atoms with Crippen LogP contribution in [0.25, 0.3) is 33.1 Å². The molecule has 0 radical (unpaired) electrons. The number of aromatic nitrogens is 3. The zero-order chi connectivity index (χ0) is 22.1. The van der Waals surface area contributed by atoms with Crippen molar-refractivity contribution in [3.63, 3.8) is 0 Å². The minimum atomic E-state index is 0.0157. The highest BCUT2D eigenvalue weighted by Gasteiger charge is 2.24. The Hall–Kier alpha value is -3.47. The second-order valence-electron chi connectivity index (χ2n) is 8.19. The lowest BCUT2D eigenvalue weighted by Gasteiger charge is -2.31. The Morgan fingerprint density at radius 2 is 1.94 bits per heavy atom. The Bertz CT molecular complexity index is 1300. The molecule has 1 saturated heterocycles. The van der Waals surface area contributed by atoms with Crippen molar-refractivity contribution in [3.05, 3.63) is 54.0 Å². The molecule has 0 atom stereocenters. The van der Waals surface area contributed by atoms with Gasteiger partial charge in [0.2, 0.25) is 0 Å². The second kappa shape index (κ2) is 8.58. The van der Waals surface area contributed by atoms with E-state index in [1.54, 1.807) is 6.20 Å². The van der Waals surface area contributed by atoms with Crippen molar-refractivity contribution in [3.8, 4) is 22.9 Å². The fourth-order valence-electron chi connectivity index (χ4n) is 4.40. The topological polar surface area (TPSA) is 98.1 Å². The molecule has 0 amide bonds. The van der Waals surface area contributed by atoms with Crippen molar-refractivity contribution in [1.82, 2.24) is 19.9 Å². The molecule has 162 valence electrons. The second-order valence-corrected chi connectivity index (χ2v) is 8.19. The van der Waals surface area contributed by atoms with Crippen LogP contribution in [-0.4, -0.2) is 50.7 Å². The molecule has 7 nitrogen and oxygen atoms in total. The molecule has 32 heavy (non-hydrogen) atoms. The lowest BCUT2D eigenvalue weighted by atomic mass is 10.0. The maximum absolute atomic E-state index is 9.73. The van der Waals surface area contributed by atoms with Gasteiger partial charge in [-0.1, -0.05) is 31.2 Å². The molecule has 0 aliphatic carbocycles. The summed E-state index contributed by atoms with van der Waals surface area (Å²) in [4.78, 5) is 14.7. The minimum Gasteiger partial charge on any atom is -0.487 e. The van der Waals surface area contributed by atoms with Crippen LogP contribution < -0.4 is 4.74 Å². The number of nitrogens with one attached hydrogen (secondary N) is 1. The molecular formula is C25H25N5O2. The number of nitrogens with zero attached hydrogens (tertiary/aromatic N) is 4. The molecule has 5 rings (SSSR count). The van der Waals surface area contributed by atoms with E-state index in [1.165, 1.54) is 0 Å². The number of likely N-dealkylation sites (tertiary alicyclic amines) is 1. The number of fused-ring (bicyclic) bond motifs is 3. The monoisotopic (exact) mass is 427 g/mol. The van der Waals surface area contributed by atoms with Crippen molar-refractivity contribution in [2.75, 3.05) is 19.6 Å². The van der Waals surface area contributed by atoms with E-state index in [0.717, 1.165) is 71.1 Å². The molecule has 1 fully saturated rings. The van der Waals surface area contributed by atoms with E-state index in [1.807, 2.05) is 30.5 Å². The Morgan fingerprint density at radius 1 is 1.16 bits per heavy atom. The molecule has 3 aromatic heterocycles. The van der Waals surface area contributed by atoms with Crippen molar-refractivity contribution in [2.45, 2.75) is 32.5 Å². The smallest absolute Gasteiger partial charge is 0.183 e. The van der Waals surface area contributed by atoms with Gasteiger partial charge in [0.25, 0.3) is 0 Å². The molecule has 7 heteroatoms. The van der Waals surface area contributed by atoms with Gasteiger partial charge in [-0.25, -0.2) is 9.97 Å². The summed E-state index contributed by atoms with van der Waals surface area (Å²) in [5.74, 6) is 0.542.